The largest absolute Gasteiger partial charge is 0.311 e. The van der Waals surface area contributed by atoms with Crippen molar-refractivity contribution in [3.8, 4) is 0 Å². The molecule has 1 heterocycles. The van der Waals surface area contributed by atoms with Gasteiger partial charge in [-0.2, -0.15) is 0 Å². The number of nitrogens with one attached hydrogen (secondary N) is 1. The Balaban J connectivity index is 2.04. The molecule has 1 aliphatic rings. The fourth-order valence-corrected chi connectivity index (χ4v) is 3.46. The first kappa shape index (κ1) is 16.2. The van der Waals surface area contributed by atoms with Crippen LogP contribution in [-0.4, -0.2) is 30.1 Å². The van der Waals surface area contributed by atoms with Crippen LogP contribution in [-0.2, 0) is 6.54 Å². The molecule has 2 nitrogen and oxygen atoms in total. The summed E-state index contributed by atoms with van der Waals surface area (Å²) in [6.07, 6.45) is 2.55. The molecule has 0 bridgehead atoms. The van der Waals surface area contributed by atoms with Crippen LogP contribution in [0.15, 0.2) is 24.3 Å². The van der Waals surface area contributed by atoms with Crippen LogP contribution in [0.4, 0.5) is 0 Å². The predicted octanol–water partition coefficient (Wildman–Crippen LogP) is 3.89. The first-order valence-electron chi connectivity index (χ1n) is 7.82. The van der Waals surface area contributed by atoms with Gasteiger partial charge < -0.3 is 5.32 Å². The van der Waals surface area contributed by atoms with Crippen LogP contribution in [0.25, 0.3) is 0 Å². The highest BCUT2D eigenvalue weighted by atomic mass is 127. The van der Waals surface area contributed by atoms with E-state index in [0.717, 1.165) is 13.1 Å². The highest BCUT2D eigenvalue weighted by Gasteiger charge is 2.29. The number of nitrogens with zero attached hydrogens (tertiary/aromatic N) is 1. The zero-order valence-electron chi connectivity index (χ0n) is 12.9. The number of halogens is 1. The molecule has 0 radical (unpaired) electrons. The lowest BCUT2D eigenvalue weighted by atomic mass is 9.96. The third kappa shape index (κ3) is 4.43. The molecule has 1 aliphatic heterocycles. The van der Waals surface area contributed by atoms with Crippen LogP contribution < -0.4 is 5.32 Å². The van der Waals surface area contributed by atoms with E-state index < -0.39 is 0 Å². The van der Waals surface area contributed by atoms with Crippen molar-refractivity contribution in [3.63, 3.8) is 0 Å². The van der Waals surface area contributed by atoms with Gasteiger partial charge in [-0.3, -0.25) is 4.90 Å². The molecule has 3 heteroatoms. The van der Waals surface area contributed by atoms with Crippen molar-refractivity contribution in [2.45, 2.75) is 52.2 Å². The van der Waals surface area contributed by atoms with E-state index in [4.69, 9.17) is 0 Å². The smallest absolute Gasteiger partial charge is 0.0247 e. The van der Waals surface area contributed by atoms with E-state index in [2.05, 4.69) is 77.8 Å². The Bertz CT molecular complexity index is 402. The minimum absolute atomic E-state index is 0.655. The second-order valence-corrected chi connectivity index (χ2v) is 7.51. The minimum atomic E-state index is 0.655. The van der Waals surface area contributed by atoms with Crippen molar-refractivity contribution in [1.82, 2.24) is 10.2 Å². The summed E-state index contributed by atoms with van der Waals surface area (Å²) in [5.41, 5.74) is 1.44. The van der Waals surface area contributed by atoms with Gasteiger partial charge in [0.05, 0.1) is 0 Å². The maximum Gasteiger partial charge on any atom is 0.0247 e. The monoisotopic (exact) mass is 386 g/mol. The van der Waals surface area contributed by atoms with Gasteiger partial charge >= 0.3 is 0 Å². The van der Waals surface area contributed by atoms with Gasteiger partial charge in [0.25, 0.3) is 0 Å². The van der Waals surface area contributed by atoms with Gasteiger partial charge in [0.1, 0.15) is 0 Å². The maximum atomic E-state index is 3.73. The summed E-state index contributed by atoms with van der Waals surface area (Å²) in [7, 11) is 0. The molecule has 1 N–H and O–H groups in total. The number of hydrogen-bond donors (Lipinski definition) is 1. The molecule has 1 aromatic carbocycles. The molecule has 0 aromatic heterocycles. The molecular weight excluding hydrogens is 359 g/mol. The van der Waals surface area contributed by atoms with E-state index in [1.807, 2.05) is 0 Å². The van der Waals surface area contributed by atoms with Crippen molar-refractivity contribution < 1.29 is 0 Å². The van der Waals surface area contributed by atoms with Crippen molar-refractivity contribution in [2.75, 3.05) is 13.1 Å². The molecule has 0 saturated carbocycles. The lowest BCUT2D eigenvalue weighted by Crippen LogP contribution is -2.57. The van der Waals surface area contributed by atoms with Crippen molar-refractivity contribution in [3.05, 3.63) is 33.4 Å². The molecular formula is C17H27IN2. The Labute approximate surface area is 137 Å². The van der Waals surface area contributed by atoms with Crippen molar-refractivity contribution >= 4 is 22.6 Å². The third-order valence-corrected chi connectivity index (χ3v) is 4.96. The van der Waals surface area contributed by atoms with Gasteiger partial charge in [-0.25, -0.2) is 0 Å². The second-order valence-electron chi connectivity index (χ2n) is 6.26. The standard InChI is InChI=1S/C17H27IN2/c1-4-5-16-12-20(17(10-19-16)13(2)3)11-14-6-8-15(18)9-7-14/h6-9,13,16-17,19H,4-5,10-12H2,1-3H3. The molecule has 112 valence electrons. The summed E-state index contributed by atoms with van der Waals surface area (Å²) >= 11 is 2.37. The molecule has 2 unspecified atom stereocenters. The molecule has 1 aromatic rings. The Kier molecular flexibility index (Phi) is 6.30. The Morgan fingerprint density at radius 2 is 2.00 bits per heavy atom. The highest BCUT2D eigenvalue weighted by molar-refractivity contribution is 14.1. The molecule has 1 fully saturated rings. The average Bonchev–Trinajstić information content (AvgIpc) is 2.42. The summed E-state index contributed by atoms with van der Waals surface area (Å²) < 4.78 is 1.32. The zero-order valence-corrected chi connectivity index (χ0v) is 15.1. The molecule has 2 rings (SSSR count). The Morgan fingerprint density at radius 3 is 2.60 bits per heavy atom. The van der Waals surface area contributed by atoms with Crippen molar-refractivity contribution in [2.24, 2.45) is 5.92 Å². The van der Waals surface area contributed by atoms with E-state index in [1.165, 1.54) is 28.5 Å². The van der Waals surface area contributed by atoms with Gasteiger partial charge in [-0.15, -0.1) is 0 Å². The maximum absolute atomic E-state index is 3.73. The van der Waals surface area contributed by atoms with Crippen LogP contribution >= 0.6 is 22.6 Å². The first-order valence-corrected chi connectivity index (χ1v) is 8.90. The number of piperazine rings is 1. The topological polar surface area (TPSA) is 15.3 Å². The van der Waals surface area contributed by atoms with Crippen LogP contribution in [0.3, 0.4) is 0 Å². The summed E-state index contributed by atoms with van der Waals surface area (Å²) in [5, 5.41) is 3.73. The molecule has 2 atom stereocenters. The Morgan fingerprint density at radius 1 is 1.30 bits per heavy atom. The molecule has 0 spiro atoms. The fourth-order valence-electron chi connectivity index (χ4n) is 3.10. The van der Waals surface area contributed by atoms with Crippen LogP contribution in [0.5, 0.6) is 0 Å². The summed E-state index contributed by atoms with van der Waals surface area (Å²) in [4.78, 5) is 2.68. The second kappa shape index (κ2) is 7.76. The number of rotatable bonds is 5. The van der Waals surface area contributed by atoms with Gasteiger partial charge in [0.15, 0.2) is 0 Å². The van der Waals surface area contributed by atoms with Crippen LogP contribution in [0, 0.1) is 9.49 Å². The Hall–Kier alpha value is -0.130. The number of benzene rings is 1. The molecule has 20 heavy (non-hydrogen) atoms. The minimum Gasteiger partial charge on any atom is -0.311 e. The molecule has 0 aliphatic carbocycles. The van der Waals surface area contributed by atoms with Crippen LogP contribution in [0.2, 0.25) is 0 Å². The SMILES string of the molecule is CCCC1CN(Cc2ccc(I)cc2)C(C(C)C)CN1. The van der Waals surface area contributed by atoms with E-state index in [0.29, 0.717) is 18.0 Å². The van der Waals surface area contributed by atoms with E-state index in [1.54, 1.807) is 0 Å². The van der Waals surface area contributed by atoms with E-state index in [9.17, 15) is 0 Å². The van der Waals surface area contributed by atoms with Gasteiger partial charge in [-0.05, 0) is 52.6 Å². The first-order chi connectivity index (χ1) is 9.60. The third-order valence-electron chi connectivity index (χ3n) is 4.25. The van der Waals surface area contributed by atoms with E-state index >= 15 is 0 Å². The normalized spacial score (nSPS) is 24.2. The zero-order chi connectivity index (χ0) is 14.5. The lowest BCUT2D eigenvalue weighted by Gasteiger charge is -2.42. The van der Waals surface area contributed by atoms with Gasteiger partial charge in [0.2, 0.25) is 0 Å². The summed E-state index contributed by atoms with van der Waals surface area (Å²) in [6, 6.07) is 10.3. The average molecular weight is 386 g/mol. The predicted molar refractivity (Wildman–Crippen MR) is 94.9 cm³/mol. The summed E-state index contributed by atoms with van der Waals surface area (Å²) in [5.74, 6) is 0.703. The number of hydrogen-bond acceptors (Lipinski definition) is 2. The highest BCUT2D eigenvalue weighted by Crippen LogP contribution is 2.20. The van der Waals surface area contributed by atoms with Crippen molar-refractivity contribution in [1.29, 1.82) is 0 Å². The molecule has 1 saturated heterocycles. The van der Waals surface area contributed by atoms with Gasteiger partial charge in [-0.1, -0.05) is 39.3 Å². The lowest BCUT2D eigenvalue weighted by molar-refractivity contribution is 0.0885. The fraction of sp³-hybridized carbons (Fsp3) is 0.647. The van der Waals surface area contributed by atoms with Gasteiger partial charge in [0, 0.05) is 35.3 Å². The van der Waals surface area contributed by atoms with Crippen LogP contribution in [0.1, 0.15) is 39.2 Å². The quantitative estimate of drug-likeness (QED) is 0.773. The summed E-state index contributed by atoms with van der Waals surface area (Å²) in [6.45, 7) is 10.4. The van der Waals surface area contributed by atoms with E-state index in [-0.39, 0.29) is 0 Å². The molecule has 0 amide bonds.